The Labute approximate surface area is 76.0 Å². The summed E-state index contributed by atoms with van der Waals surface area (Å²) in [7, 11) is 1.58. The Morgan fingerprint density at radius 3 is 3.08 bits per heavy atom. The van der Waals surface area contributed by atoms with E-state index < -0.39 is 0 Å². The third-order valence-corrected chi connectivity index (χ3v) is 1.32. The lowest BCUT2D eigenvalue weighted by molar-refractivity contribution is 0.143. The van der Waals surface area contributed by atoms with Gasteiger partial charge in [0, 0.05) is 7.11 Å². The second-order valence-electron chi connectivity index (χ2n) is 2.19. The lowest BCUT2D eigenvalue weighted by atomic mass is 10.4. The van der Waals surface area contributed by atoms with Crippen LogP contribution in [0.1, 0.15) is 5.56 Å². The van der Waals surface area contributed by atoms with Crippen molar-refractivity contribution in [3.8, 4) is 11.9 Å². The van der Waals surface area contributed by atoms with Gasteiger partial charge in [-0.25, -0.2) is 9.97 Å². The smallest absolute Gasteiger partial charge is 0.234 e. The highest BCUT2D eigenvalue weighted by Crippen LogP contribution is 2.10. The number of aromatic nitrogens is 2. The fraction of sp³-hybridized carbons (Fsp3) is 0.375. The van der Waals surface area contributed by atoms with Gasteiger partial charge in [-0.15, -0.1) is 0 Å². The SMILES string of the molecule is COCCOc1ncncc1C#N. The molecule has 5 heteroatoms. The van der Waals surface area contributed by atoms with E-state index >= 15 is 0 Å². The standard InChI is InChI=1S/C8H9N3O2/c1-12-2-3-13-8-7(4-9)5-10-6-11-8/h5-6H,2-3H2,1H3. The Kier molecular flexibility index (Phi) is 3.67. The van der Waals surface area contributed by atoms with Crippen LogP contribution in [-0.4, -0.2) is 30.3 Å². The lowest BCUT2D eigenvalue weighted by Gasteiger charge is -2.04. The molecule has 0 saturated heterocycles. The molecular formula is C8H9N3O2. The van der Waals surface area contributed by atoms with Crippen molar-refractivity contribution in [3.05, 3.63) is 18.1 Å². The topological polar surface area (TPSA) is 68.0 Å². The summed E-state index contributed by atoms with van der Waals surface area (Å²) in [6, 6.07) is 1.93. The molecule has 0 bridgehead atoms. The molecule has 0 N–H and O–H groups in total. The van der Waals surface area contributed by atoms with Gasteiger partial charge in [0.25, 0.3) is 0 Å². The van der Waals surface area contributed by atoms with Crippen LogP contribution < -0.4 is 4.74 Å². The molecule has 1 aromatic heterocycles. The molecule has 13 heavy (non-hydrogen) atoms. The van der Waals surface area contributed by atoms with Gasteiger partial charge in [-0.3, -0.25) is 0 Å². The van der Waals surface area contributed by atoms with Crippen molar-refractivity contribution < 1.29 is 9.47 Å². The summed E-state index contributed by atoms with van der Waals surface area (Å²) in [4.78, 5) is 7.51. The summed E-state index contributed by atoms with van der Waals surface area (Å²) >= 11 is 0. The van der Waals surface area contributed by atoms with Crippen LogP contribution in [0, 0.1) is 11.3 Å². The first-order chi connectivity index (χ1) is 6.38. The summed E-state index contributed by atoms with van der Waals surface area (Å²) in [5, 5.41) is 8.63. The number of hydrogen-bond acceptors (Lipinski definition) is 5. The molecule has 1 aromatic rings. The van der Waals surface area contributed by atoms with Gasteiger partial charge in [0.2, 0.25) is 5.88 Å². The van der Waals surface area contributed by atoms with Crippen LogP contribution >= 0.6 is 0 Å². The molecule has 0 atom stereocenters. The molecule has 5 nitrogen and oxygen atoms in total. The number of nitrogens with zero attached hydrogens (tertiary/aromatic N) is 3. The Morgan fingerprint density at radius 2 is 2.38 bits per heavy atom. The van der Waals surface area contributed by atoms with Crippen molar-refractivity contribution in [1.29, 1.82) is 5.26 Å². The second kappa shape index (κ2) is 5.06. The number of ether oxygens (including phenoxy) is 2. The molecule has 1 rings (SSSR count). The molecule has 0 fully saturated rings. The van der Waals surface area contributed by atoms with Crippen molar-refractivity contribution in [2.24, 2.45) is 0 Å². The molecule has 0 aliphatic rings. The van der Waals surface area contributed by atoms with Gasteiger partial charge in [-0.1, -0.05) is 0 Å². The van der Waals surface area contributed by atoms with Crippen molar-refractivity contribution in [2.75, 3.05) is 20.3 Å². The summed E-state index contributed by atoms with van der Waals surface area (Å²) < 4.78 is 9.96. The van der Waals surface area contributed by atoms with E-state index in [0.29, 0.717) is 24.7 Å². The molecule has 0 amide bonds. The number of methoxy groups -OCH3 is 1. The highest BCUT2D eigenvalue weighted by molar-refractivity contribution is 5.34. The van der Waals surface area contributed by atoms with Crippen LogP contribution in [-0.2, 0) is 4.74 Å². The van der Waals surface area contributed by atoms with E-state index in [0.717, 1.165) is 0 Å². The monoisotopic (exact) mass is 179 g/mol. The third-order valence-electron chi connectivity index (χ3n) is 1.32. The first-order valence-electron chi connectivity index (χ1n) is 3.70. The maximum absolute atomic E-state index is 8.63. The summed E-state index contributed by atoms with van der Waals surface area (Å²) in [6.07, 6.45) is 2.75. The average molecular weight is 179 g/mol. The molecule has 0 saturated carbocycles. The molecule has 0 aliphatic carbocycles. The lowest BCUT2D eigenvalue weighted by Crippen LogP contribution is -2.06. The largest absolute Gasteiger partial charge is 0.474 e. The number of nitriles is 1. The number of rotatable bonds is 4. The fourth-order valence-electron chi connectivity index (χ4n) is 0.732. The molecule has 68 valence electrons. The van der Waals surface area contributed by atoms with Crippen molar-refractivity contribution >= 4 is 0 Å². The molecule has 0 unspecified atom stereocenters. The third kappa shape index (κ3) is 2.69. The van der Waals surface area contributed by atoms with E-state index in [-0.39, 0.29) is 0 Å². The predicted octanol–water partition coefficient (Wildman–Crippen LogP) is 0.373. The van der Waals surface area contributed by atoms with Gasteiger partial charge in [-0.2, -0.15) is 5.26 Å². The fourth-order valence-corrected chi connectivity index (χ4v) is 0.732. The van der Waals surface area contributed by atoms with Gasteiger partial charge >= 0.3 is 0 Å². The maximum atomic E-state index is 8.63. The van der Waals surface area contributed by atoms with Gasteiger partial charge in [0.1, 0.15) is 24.6 Å². The molecule has 1 heterocycles. The van der Waals surface area contributed by atoms with Crippen LogP contribution in [0.2, 0.25) is 0 Å². The number of hydrogen-bond donors (Lipinski definition) is 0. The van der Waals surface area contributed by atoms with Gasteiger partial charge in [0.05, 0.1) is 12.8 Å². The van der Waals surface area contributed by atoms with E-state index in [1.807, 2.05) is 6.07 Å². The zero-order chi connectivity index (χ0) is 9.52. The highest BCUT2D eigenvalue weighted by Gasteiger charge is 2.02. The predicted molar refractivity (Wildman–Crippen MR) is 44.1 cm³/mol. The molecule has 0 aromatic carbocycles. The Balaban J connectivity index is 2.60. The van der Waals surface area contributed by atoms with E-state index in [9.17, 15) is 0 Å². The maximum Gasteiger partial charge on any atom is 0.234 e. The van der Waals surface area contributed by atoms with Gasteiger partial charge in [0.15, 0.2) is 0 Å². The first-order valence-corrected chi connectivity index (χ1v) is 3.70. The Bertz CT molecular complexity index is 309. The molecule has 0 radical (unpaired) electrons. The van der Waals surface area contributed by atoms with E-state index in [1.54, 1.807) is 7.11 Å². The Hall–Kier alpha value is -1.67. The zero-order valence-corrected chi connectivity index (χ0v) is 7.23. The average Bonchev–Trinajstić information content (AvgIpc) is 2.19. The van der Waals surface area contributed by atoms with E-state index in [4.69, 9.17) is 14.7 Å². The van der Waals surface area contributed by atoms with E-state index in [2.05, 4.69) is 9.97 Å². The molecule has 0 aliphatic heterocycles. The summed E-state index contributed by atoms with van der Waals surface area (Å²) in [6.45, 7) is 0.844. The van der Waals surface area contributed by atoms with E-state index in [1.165, 1.54) is 12.5 Å². The Morgan fingerprint density at radius 1 is 1.54 bits per heavy atom. The van der Waals surface area contributed by atoms with Crippen LogP contribution in [0.15, 0.2) is 12.5 Å². The van der Waals surface area contributed by atoms with Crippen molar-refractivity contribution in [3.63, 3.8) is 0 Å². The normalized spacial score (nSPS) is 9.23. The van der Waals surface area contributed by atoms with Crippen LogP contribution in [0.5, 0.6) is 5.88 Å². The molecule has 0 spiro atoms. The van der Waals surface area contributed by atoms with Crippen molar-refractivity contribution in [2.45, 2.75) is 0 Å². The van der Waals surface area contributed by atoms with Crippen LogP contribution in [0.25, 0.3) is 0 Å². The zero-order valence-electron chi connectivity index (χ0n) is 7.23. The van der Waals surface area contributed by atoms with Crippen LogP contribution in [0.3, 0.4) is 0 Å². The quantitative estimate of drug-likeness (QED) is 0.625. The highest BCUT2D eigenvalue weighted by atomic mass is 16.5. The summed E-state index contributed by atoms with van der Waals surface area (Å²) in [5.74, 6) is 0.301. The minimum Gasteiger partial charge on any atom is -0.474 e. The van der Waals surface area contributed by atoms with Gasteiger partial charge in [-0.05, 0) is 0 Å². The minimum absolute atomic E-state index is 0.301. The van der Waals surface area contributed by atoms with Crippen LogP contribution in [0.4, 0.5) is 0 Å². The summed E-state index contributed by atoms with van der Waals surface area (Å²) in [5.41, 5.74) is 0.332. The second-order valence-corrected chi connectivity index (χ2v) is 2.19. The first kappa shape index (κ1) is 9.42. The van der Waals surface area contributed by atoms with Gasteiger partial charge < -0.3 is 9.47 Å². The van der Waals surface area contributed by atoms with Crippen molar-refractivity contribution in [1.82, 2.24) is 9.97 Å². The minimum atomic E-state index is 0.301. The molecular weight excluding hydrogens is 170 g/mol.